The molecule has 0 aliphatic heterocycles. The molecule has 0 amide bonds. The molecule has 0 heterocycles. The van der Waals surface area contributed by atoms with Gasteiger partial charge >= 0.3 is 0 Å². The molecule has 0 saturated carbocycles. The minimum absolute atomic E-state index is 0.762. The van der Waals surface area contributed by atoms with Gasteiger partial charge in [0, 0.05) is 11.0 Å². The molecule has 21 heavy (non-hydrogen) atoms. The lowest BCUT2D eigenvalue weighted by Crippen LogP contribution is -2.01. The van der Waals surface area contributed by atoms with E-state index in [2.05, 4.69) is 63.7 Å². The maximum absolute atomic E-state index is 5.38. The molecule has 2 nitrogen and oxygen atoms in total. The van der Waals surface area contributed by atoms with E-state index in [1.165, 1.54) is 16.3 Å². The number of methoxy groups -OCH3 is 1. The van der Waals surface area contributed by atoms with Crippen LogP contribution in [-0.2, 0) is 6.54 Å². The molecule has 3 heteroatoms. The van der Waals surface area contributed by atoms with Gasteiger partial charge in [0.1, 0.15) is 5.75 Å². The quantitative estimate of drug-likeness (QED) is 0.702. The van der Waals surface area contributed by atoms with Crippen LogP contribution in [0.25, 0.3) is 10.8 Å². The lowest BCUT2D eigenvalue weighted by Gasteiger charge is -2.12. The van der Waals surface area contributed by atoms with Crippen LogP contribution in [0.3, 0.4) is 0 Å². The third-order valence-corrected chi connectivity index (χ3v) is 3.95. The third kappa shape index (κ3) is 3.19. The summed E-state index contributed by atoms with van der Waals surface area (Å²) in [6, 6.07) is 20.9. The predicted octanol–water partition coefficient (Wildman–Crippen LogP) is 5.22. The Morgan fingerprint density at radius 3 is 2.57 bits per heavy atom. The van der Waals surface area contributed by atoms with Gasteiger partial charge < -0.3 is 10.1 Å². The monoisotopic (exact) mass is 341 g/mol. The number of ether oxygens (including phenoxy) is 1. The number of fused-ring (bicyclic) bond motifs is 1. The van der Waals surface area contributed by atoms with E-state index in [9.17, 15) is 0 Å². The van der Waals surface area contributed by atoms with Crippen molar-refractivity contribution < 1.29 is 4.74 Å². The maximum Gasteiger partial charge on any atom is 0.142 e. The first-order chi connectivity index (χ1) is 10.3. The first-order valence-corrected chi connectivity index (χ1v) is 7.60. The van der Waals surface area contributed by atoms with E-state index in [0.717, 1.165) is 22.5 Å². The summed E-state index contributed by atoms with van der Waals surface area (Å²) >= 11 is 3.49. The zero-order valence-electron chi connectivity index (χ0n) is 11.8. The van der Waals surface area contributed by atoms with Crippen molar-refractivity contribution in [2.75, 3.05) is 12.4 Å². The minimum Gasteiger partial charge on any atom is -0.495 e. The van der Waals surface area contributed by atoms with Crippen molar-refractivity contribution in [2.24, 2.45) is 0 Å². The second-order valence-electron chi connectivity index (χ2n) is 4.88. The average Bonchev–Trinajstić information content (AvgIpc) is 2.53. The molecule has 3 rings (SSSR count). The number of nitrogens with one attached hydrogen (secondary N) is 1. The summed E-state index contributed by atoms with van der Waals surface area (Å²) in [6.07, 6.45) is 0. The smallest absolute Gasteiger partial charge is 0.142 e. The van der Waals surface area contributed by atoms with Crippen LogP contribution in [0.4, 0.5) is 5.69 Å². The Balaban J connectivity index is 1.81. The molecule has 0 bridgehead atoms. The van der Waals surface area contributed by atoms with Crippen molar-refractivity contribution in [3.63, 3.8) is 0 Å². The van der Waals surface area contributed by atoms with Gasteiger partial charge in [0.25, 0.3) is 0 Å². The van der Waals surface area contributed by atoms with Crippen LogP contribution in [-0.4, -0.2) is 7.11 Å². The molecular formula is C18H16BrNO. The van der Waals surface area contributed by atoms with Crippen LogP contribution in [0.1, 0.15) is 5.56 Å². The molecule has 0 saturated heterocycles. The summed E-state index contributed by atoms with van der Waals surface area (Å²) in [7, 11) is 1.68. The lowest BCUT2D eigenvalue weighted by molar-refractivity contribution is 0.416. The van der Waals surface area contributed by atoms with Gasteiger partial charge in [-0.15, -0.1) is 0 Å². The van der Waals surface area contributed by atoms with Crippen LogP contribution >= 0.6 is 15.9 Å². The molecule has 0 unspecified atom stereocenters. The molecule has 0 fully saturated rings. The SMILES string of the molecule is COc1ccc(Br)cc1NCc1ccc2ccccc2c1. The summed E-state index contributed by atoms with van der Waals surface area (Å²) in [6.45, 7) is 0.762. The normalized spacial score (nSPS) is 10.6. The molecule has 0 radical (unpaired) electrons. The van der Waals surface area contributed by atoms with Crippen LogP contribution in [0.2, 0.25) is 0 Å². The molecule has 1 N–H and O–H groups in total. The average molecular weight is 342 g/mol. The van der Waals surface area contributed by atoms with Crippen molar-refractivity contribution in [2.45, 2.75) is 6.54 Å². The number of halogens is 1. The zero-order chi connectivity index (χ0) is 14.7. The first kappa shape index (κ1) is 14.0. The van der Waals surface area contributed by atoms with E-state index in [0.29, 0.717) is 0 Å². The van der Waals surface area contributed by atoms with E-state index in [1.54, 1.807) is 7.11 Å². The fraction of sp³-hybridized carbons (Fsp3) is 0.111. The van der Waals surface area contributed by atoms with E-state index in [4.69, 9.17) is 4.74 Å². The highest BCUT2D eigenvalue weighted by Gasteiger charge is 2.03. The number of benzene rings is 3. The summed E-state index contributed by atoms with van der Waals surface area (Å²) in [5.74, 6) is 0.846. The van der Waals surface area contributed by atoms with E-state index in [1.807, 2.05) is 18.2 Å². The van der Waals surface area contributed by atoms with Gasteiger partial charge in [-0.3, -0.25) is 0 Å². The third-order valence-electron chi connectivity index (χ3n) is 3.46. The second-order valence-corrected chi connectivity index (χ2v) is 5.80. The predicted molar refractivity (Wildman–Crippen MR) is 92.0 cm³/mol. The molecule has 0 aliphatic carbocycles. The highest BCUT2D eigenvalue weighted by atomic mass is 79.9. The molecule has 3 aromatic carbocycles. The number of hydrogen-bond donors (Lipinski definition) is 1. The molecular weight excluding hydrogens is 326 g/mol. The van der Waals surface area contributed by atoms with Gasteiger partial charge in [-0.05, 0) is 40.6 Å². The Bertz CT molecular complexity index is 770. The summed E-state index contributed by atoms with van der Waals surface area (Å²) in [5.41, 5.74) is 2.23. The van der Waals surface area contributed by atoms with Crippen molar-refractivity contribution in [3.8, 4) is 5.75 Å². The lowest BCUT2D eigenvalue weighted by atomic mass is 10.1. The molecule has 0 spiro atoms. The highest BCUT2D eigenvalue weighted by molar-refractivity contribution is 9.10. The van der Waals surface area contributed by atoms with E-state index >= 15 is 0 Å². The van der Waals surface area contributed by atoms with Crippen LogP contribution < -0.4 is 10.1 Å². The minimum atomic E-state index is 0.762. The maximum atomic E-state index is 5.38. The Kier molecular flexibility index (Phi) is 4.11. The topological polar surface area (TPSA) is 21.3 Å². The standard InChI is InChI=1S/C18H16BrNO/c1-21-18-9-8-16(19)11-17(18)20-12-13-6-7-14-4-2-3-5-15(14)10-13/h2-11,20H,12H2,1H3. The summed E-state index contributed by atoms with van der Waals surface area (Å²) in [5, 5.41) is 5.96. The summed E-state index contributed by atoms with van der Waals surface area (Å²) in [4.78, 5) is 0. The number of rotatable bonds is 4. The number of hydrogen-bond acceptors (Lipinski definition) is 2. The highest BCUT2D eigenvalue weighted by Crippen LogP contribution is 2.28. The van der Waals surface area contributed by atoms with Gasteiger partial charge in [-0.2, -0.15) is 0 Å². The molecule has 0 aromatic heterocycles. The fourth-order valence-corrected chi connectivity index (χ4v) is 2.73. The Hall–Kier alpha value is -2.00. The van der Waals surface area contributed by atoms with Crippen molar-refractivity contribution in [1.82, 2.24) is 0 Å². The van der Waals surface area contributed by atoms with Gasteiger partial charge in [0.15, 0.2) is 0 Å². The number of anilines is 1. The Labute approximate surface area is 132 Å². The molecule has 0 aliphatic rings. The van der Waals surface area contributed by atoms with Gasteiger partial charge in [-0.25, -0.2) is 0 Å². The van der Waals surface area contributed by atoms with Crippen molar-refractivity contribution in [3.05, 3.63) is 70.7 Å². The van der Waals surface area contributed by atoms with Gasteiger partial charge in [-0.1, -0.05) is 52.3 Å². The van der Waals surface area contributed by atoms with E-state index < -0.39 is 0 Å². The van der Waals surface area contributed by atoms with Crippen LogP contribution in [0, 0.1) is 0 Å². The zero-order valence-corrected chi connectivity index (χ0v) is 13.4. The van der Waals surface area contributed by atoms with Gasteiger partial charge in [0.05, 0.1) is 12.8 Å². The first-order valence-electron chi connectivity index (χ1n) is 6.81. The second kappa shape index (κ2) is 6.19. The van der Waals surface area contributed by atoms with Crippen LogP contribution in [0.5, 0.6) is 5.75 Å². The molecule has 106 valence electrons. The van der Waals surface area contributed by atoms with Crippen molar-refractivity contribution >= 4 is 32.4 Å². The fourth-order valence-electron chi connectivity index (χ4n) is 2.36. The summed E-state index contributed by atoms with van der Waals surface area (Å²) < 4.78 is 6.41. The van der Waals surface area contributed by atoms with Crippen molar-refractivity contribution in [1.29, 1.82) is 0 Å². The largest absolute Gasteiger partial charge is 0.495 e. The van der Waals surface area contributed by atoms with Crippen LogP contribution in [0.15, 0.2) is 65.1 Å². The van der Waals surface area contributed by atoms with E-state index in [-0.39, 0.29) is 0 Å². The Morgan fingerprint density at radius 2 is 1.76 bits per heavy atom. The Morgan fingerprint density at radius 1 is 0.952 bits per heavy atom. The molecule has 3 aromatic rings. The van der Waals surface area contributed by atoms with Gasteiger partial charge in [0.2, 0.25) is 0 Å². The molecule has 0 atom stereocenters.